The molecule has 6 heteroatoms. The minimum absolute atomic E-state index is 0.0517. The van der Waals surface area contributed by atoms with E-state index in [1.807, 2.05) is 0 Å². The fraction of sp³-hybridized carbons (Fsp3) is 0. The van der Waals surface area contributed by atoms with E-state index in [0.29, 0.717) is 10.6 Å². The Hall–Kier alpha value is -1.52. The summed E-state index contributed by atoms with van der Waals surface area (Å²) in [7, 11) is 0. The van der Waals surface area contributed by atoms with Gasteiger partial charge in [-0.25, -0.2) is 4.79 Å². The van der Waals surface area contributed by atoms with Crippen molar-refractivity contribution in [3.63, 3.8) is 0 Å². The Morgan fingerprint density at radius 2 is 2.12 bits per heavy atom. The Balaban J connectivity index is 2.63. The fourth-order valence-corrected chi connectivity index (χ4v) is 1.66. The van der Waals surface area contributed by atoms with E-state index in [1.54, 1.807) is 18.2 Å². The summed E-state index contributed by atoms with van der Waals surface area (Å²) in [5.41, 5.74) is 0.546. The highest BCUT2D eigenvalue weighted by atomic mass is 35.5. The highest BCUT2D eigenvalue weighted by molar-refractivity contribution is 6.43. The van der Waals surface area contributed by atoms with Crippen LogP contribution in [-0.2, 0) is 0 Å². The monoisotopic (exact) mass is 257 g/mol. The zero-order valence-corrected chi connectivity index (χ0v) is 9.29. The summed E-state index contributed by atoms with van der Waals surface area (Å²) >= 11 is 11.8. The molecule has 82 valence electrons. The van der Waals surface area contributed by atoms with Crippen LogP contribution in [0.25, 0.3) is 11.3 Å². The number of nitrogens with zero attached hydrogens (tertiary/aromatic N) is 1. The molecule has 0 saturated carbocycles. The summed E-state index contributed by atoms with van der Waals surface area (Å²) in [5, 5.41) is 13.1. The summed E-state index contributed by atoms with van der Waals surface area (Å²) in [5.74, 6) is -1.13. The maximum absolute atomic E-state index is 10.9. The smallest absolute Gasteiger partial charge is 0.341 e. The Kier molecular flexibility index (Phi) is 2.85. The van der Waals surface area contributed by atoms with Crippen molar-refractivity contribution in [2.24, 2.45) is 0 Å². The molecule has 0 fully saturated rings. The van der Waals surface area contributed by atoms with Gasteiger partial charge in [0, 0.05) is 5.56 Å². The molecule has 1 heterocycles. The SMILES string of the molecule is O=C(O)c1conc1-c1cccc(Cl)c1Cl. The third-order valence-corrected chi connectivity index (χ3v) is 2.83. The lowest BCUT2D eigenvalue weighted by atomic mass is 10.1. The Morgan fingerprint density at radius 3 is 2.81 bits per heavy atom. The maximum atomic E-state index is 10.9. The number of aromatic carboxylic acids is 1. The van der Waals surface area contributed by atoms with Crippen molar-refractivity contribution >= 4 is 29.2 Å². The number of rotatable bonds is 2. The summed E-state index contributed by atoms with van der Waals surface area (Å²) in [6, 6.07) is 4.89. The van der Waals surface area contributed by atoms with Crippen molar-refractivity contribution in [2.45, 2.75) is 0 Å². The predicted octanol–water partition coefficient (Wildman–Crippen LogP) is 3.35. The number of carboxylic acids is 1. The summed E-state index contributed by atoms with van der Waals surface area (Å²) in [4.78, 5) is 10.9. The second-order valence-corrected chi connectivity index (χ2v) is 3.77. The van der Waals surface area contributed by atoms with Crippen LogP contribution in [0, 0.1) is 0 Å². The van der Waals surface area contributed by atoms with Crippen LogP contribution in [0.15, 0.2) is 29.0 Å². The number of hydrogen-bond donors (Lipinski definition) is 1. The number of halogens is 2. The van der Waals surface area contributed by atoms with E-state index in [-0.39, 0.29) is 16.3 Å². The van der Waals surface area contributed by atoms with E-state index < -0.39 is 5.97 Å². The van der Waals surface area contributed by atoms with Gasteiger partial charge in [0.05, 0.1) is 10.0 Å². The molecular weight excluding hydrogens is 253 g/mol. The van der Waals surface area contributed by atoms with Crippen LogP contribution in [0.5, 0.6) is 0 Å². The van der Waals surface area contributed by atoms with Gasteiger partial charge in [-0.05, 0) is 6.07 Å². The van der Waals surface area contributed by atoms with Gasteiger partial charge in [-0.15, -0.1) is 0 Å². The van der Waals surface area contributed by atoms with Crippen LogP contribution < -0.4 is 0 Å². The quantitative estimate of drug-likeness (QED) is 0.897. The van der Waals surface area contributed by atoms with Gasteiger partial charge in [-0.2, -0.15) is 0 Å². The van der Waals surface area contributed by atoms with Crippen LogP contribution in [0.2, 0.25) is 10.0 Å². The van der Waals surface area contributed by atoms with Gasteiger partial charge in [0.1, 0.15) is 17.5 Å². The first-order chi connectivity index (χ1) is 7.61. The zero-order chi connectivity index (χ0) is 11.7. The minimum Gasteiger partial charge on any atom is -0.477 e. The van der Waals surface area contributed by atoms with E-state index in [4.69, 9.17) is 28.3 Å². The molecule has 0 saturated heterocycles. The molecule has 0 aliphatic heterocycles. The van der Waals surface area contributed by atoms with Crippen LogP contribution >= 0.6 is 23.2 Å². The van der Waals surface area contributed by atoms with Crippen LogP contribution in [0.3, 0.4) is 0 Å². The molecule has 1 N–H and O–H groups in total. The van der Waals surface area contributed by atoms with Crippen molar-refractivity contribution in [3.05, 3.63) is 40.1 Å². The molecule has 0 unspecified atom stereocenters. The largest absolute Gasteiger partial charge is 0.477 e. The van der Waals surface area contributed by atoms with E-state index >= 15 is 0 Å². The van der Waals surface area contributed by atoms with Crippen molar-refractivity contribution in [1.29, 1.82) is 0 Å². The Bertz CT molecular complexity index is 551. The first-order valence-electron chi connectivity index (χ1n) is 4.23. The van der Waals surface area contributed by atoms with Gasteiger partial charge in [-0.1, -0.05) is 40.5 Å². The molecule has 2 aromatic rings. The number of aromatic nitrogens is 1. The second kappa shape index (κ2) is 4.15. The van der Waals surface area contributed by atoms with E-state index in [0.717, 1.165) is 6.26 Å². The normalized spacial score (nSPS) is 10.4. The highest BCUT2D eigenvalue weighted by Crippen LogP contribution is 2.34. The van der Waals surface area contributed by atoms with Crippen LogP contribution in [0.1, 0.15) is 10.4 Å². The molecule has 2 rings (SSSR count). The highest BCUT2D eigenvalue weighted by Gasteiger charge is 2.19. The van der Waals surface area contributed by atoms with Crippen LogP contribution in [0.4, 0.5) is 0 Å². The Labute approximate surface area is 100 Å². The molecule has 0 radical (unpaired) electrons. The van der Waals surface area contributed by atoms with Gasteiger partial charge < -0.3 is 9.63 Å². The molecule has 0 aliphatic rings. The molecule has 16 heavy (non-hydrogen) atoms. The fourth-order valence-electron chi connectivity index (χ4n) is 1.27. The predicted molar refractivity (Wildman–Crippen MR) is 58.9 cm³/mol. The van der Waals surface area contributed by atoms with Gasteiger partial charge in [0.15, 0.2) is 0 Å². The number of carbonyl (C=O) groups is 1. The lowest BCUT2D eigenvalue weighted by Gasteiger charge is -2.02. The molecule has 1 aromatic carbocycles. The van der Waals surface area contributed by atoms with Crippen molar-refractivity contribution in [1.82, 2.24) is 5.16 Å². The summed E-state index contributed by atoms with van der Waals surface area (Å²) < 4.78 is 4.62. The average molecular weight is 258 g/mol. The molecule has 0 atom stereocenters. The minimum atomic E-state index is -1.13. The van der Waals surface area contributed by atoms with Gasteiger partial charge in [-0.3, -0.25) is 0 Å². The van der Waals surface area contributed by atoms with E-state index in [9.17, 15) is 4.79 Å². The molecule has 0 bridgehead atoms. The first-order valence-corrected chi connectivity index (χ1v) is 4.99. The Morgan fingerprint density at radius 1 is 1.38 bits per heavy atom. The summed E-state index contributed by atoms with van der Waals surface area (Å²) in [6.45, 7) is 0. The van der Waals surface area contributed by atoms with Crippen LogP contribution in [-0.4, -0.2) is 16.2 Å². The second-order valence-electron chi connectivity index (χ2n) is 2.98. The summed E-state index contributed by atoms with van der Waals surface area (Å²) in [6.07, 6.45) is 1.05. The number of carboxylic acid groups (broad SMARTS) is 1. The lowest BCUT2D eigenvalue weighted by Crippen LogP contribution is -1.97. The molecule has 0 amide bonds. The number of benzene rings is 1. The standard InChI is InChI=1S/C10H5Cl2NO3/c11-7-3-1-2-5(8(7)12)9-6(10(14)15)4-16-13-9/h1-4H,(H,14,15). The van der Waals surface area contributed by atoms with Gasteiger partial charge in [0.2, 0.25) is 0 Å². The maximum Gasteiger partial charge on any atom is 0.341 e. The molecule has 4 nitrogen and oxygen atoms in total. The third-order valence-electron chi connectivity index (χ3n) is 2.01. The average Bonchev–Trinajstić information content (AvgIpc) is 2.70. The topological polar surface area (TPSA) is 63.3 Å². The third kappa shape index (κ3) is 1.77. The lowest BCUT2D eigenvalue weighted by molar-refractivity contribution is 0.0697. The van der Waals surface area contributed by atoms with E-state index in [2.05, 4.69) is 9.68 Å². The zero-order valence-electron chi connectivity index (χ0n) is 7.78. The van der Waals surface area contributed by atoms with E-state index in [1.165, 1.54) is 0 Å². The van der Waals surface area contributed by atoms with Gasteiger partial charge in [0.25, 0.3) is 0 Å². The number of hydrogen-bond acceptors (Lipinski definition) is 3. The van der Waals surface area contributed by atoms with Crippen molar-refractivity contribution in [3.8, 4) is 11.3 Å². The van der Waals surface area contributed by atoms with Gasteiger partial charge >= 0.3 is 5.97 Å². The molecule has 1 aromatic heterocycles. The van der Waals surface area contributed by atoms with Crippen molar-refractivity contribution < 1.29 is 14.4 Å². The molecule has 0 aliphatic carbocycles. The van der Waals surface area contributed by atoms with Crippen molar-refractivity contribution in [2.75, 3.05) is 0 Å². The first kappa shape index (κ1) is 11.0. The molecule has 0 spiro atoms. The molecular formula is C10H5Cl2NO3.